The van der Waals surface area contributed by atoms with Crippen LogP contribution < -0.4 is 9.64 Å². The summed E-state index contributed by atoms with van der Waals surface area (Å²) < 4.78 is 37.0. The average Bonchev–Trinajstić information content (AvgIpc) is 3.47. The number of carbonyl (C=O) groups is 2. The number of amides is 1. The van der Waals surface area contributed by atoms with E-state index in [1.165, 1.54) is 28.9 Å². The fraction of sp³-hybridized carbons (Fsp3) is 0.435. The molecule has 2 aromatic heterocycles. The van der Waals surface area contributed by atoms with Crippen LogP contribution in [0.3, 0.4) is 0 Å². The van der Waals surface area contributed by atoms with E-state index in [0.717, 1.165) is 53.8 Å². The lowest BCUT2D eigenvalue weighted by atomic mass is 10.0. The number of carbonyl (C=O) groups excluding carboxylic acids is 1. The molecule has 3 aromatic rings. The standard InChI is InChI=1S/C21H22ClN5O2S.C2HF3O2/c1-29-20-19-21(24-12-23-20)30-17(25-19)11-18(28)26-7-5-15(6-8-26)27-9-4-13-10-14(22)2-3-16(13)27;3-2(4,5)1(6)7/h2-3,10,12,15H,4-9,11H2,1H3;(H,6,7). The molecule has 2 aliphatic heterocycles. The zero-order valence-corrected chi connectivity index (χ0v) is 21.2. The summed E-state index contributed by atoms with van der Waals surface area (Å²) in [6, 6.07) is 6.65. The molecule has 2 aliphatic rings. The highest BCUT2D eigenvalue weighted by molar-refractivity contribution is 7.18. The molecule has 0 aliphatic carbocycles. The van der Waals surface area contributed by atoms with E-state index in [2.05, 4.69) is 32.0 Å². The zero-order valence-electron chi connectivity index (χ0n) is 19.7. The van der Waals surface area contributed by atoms with Crippen LogP contribution in [-0.2, 0) is 22.4 Å². The number of hydrogen-bond acceptors (Lipinski definition) is 8. The largest absolute Gasteiger partial charge is 0.490 e. The number of hydrogen-bond donors (Lipinski definition) is 1. The molecule has 1 saturated heterocycles. The molecule has 198 valence electrons. The highest BCUT2D eigenvalue weighted by atomic mass is 35.5. The molecule has 0 bridgehead atoms. The number of benzene rings is 1. The van der Waals surface area contributed by atoms with Gasteiger partial charge in [-0.1, -0.05) is 22.9 Å². The summed E-state index contributed by atoms with van der Waals surface area (Å²) in [5, 5.41) is 8.68. The number of rotatable bonds is 4. The summed E-state index contributed by atoms with van der Waals surface area (Å²) in [7, 11) is 1.56. The molecule has 1 aromatic carbocycles. The molecule has 0 atom stereocenters. The third kappa shape index (κ3) is 6.21. The number of alkyl halides is 3. The molecule has 14 heteroatoms. The second-order valence-corrected chi connectivity index (χ2v) is 9.95. The number of aliphatic carboxylic acids is 1. The van der Waals surface area contributed by atoms with E-state index in [1.54, 1.807) is 7.11 Å². The first-order valence-corrected chi connectivity index (χ1v) is 12.5. The number of piperidine rings is 1. The summed E-state index contributed by atoms with van der Waals surface area (Å²) in [5.74, 6) is -2.19. The Labute approximate surface area is 218 Å². The van der Waals surface area contributed by atoms with Crippen molar-refractivity contribution in [2.24, 2.45) is 0 Å². The summed E-state index contributed by atoms with van der Waals surface area (Å²) >= 11 is 7.56. The minimum absolute atomic E-state index is 0.119. The van der Waals surface area contributed by atoms with Gasteiger partial charge in [0.15, 0.2) is 10.3 Å². The van der Waals surface area contributed by atoms with Gasteiger partial charge in [-0.15, -0.1) is 0 Å². The molecule has 1 N–H and O–H groups in total. The lowest BCUT2D eigenvalue weighted by Gasteiger charge is -2.38. The van der Waals surface area contributed by atoms with Gasteiger partial charge in [-0.3, -0.25) is 4.79 Å². The molecule has 37 heavy (non-hydrogen) atoms. The number of carboxylic acids is 1. The van der Waals surface area contributed by atoms with Gasteiger partial charge in [0.05, 0.1) is 13.5 Å². The van der Waals surface area contributed by atoms with Crippen molar-refractivity contribution >= 4 is 50.8 Å². The fourth-order valence-electron chi connectivity index (χ4n) is 4.45. The predicted molar refractivity (Wildman–Crippen MR) is 131 cm³/mol. The quantitative estimate of drug-likeness (QED) is 0.513. The van der Waals surface area contributed by atoms with Crippen LogP contribution >= 0.6 is 22.9 Å². The lowest BCUT2D eigenvalue weighted by molar-refractivity contribution is -0.192. The van der Waals surface area contributed by atoms with Gasteiger partial charge in [-0.2, -0.15) is 18.2 Å². The van der Waals surface area contributed by atoms with Crippen molar-refractivity contribution in [2.75, 3.05) is 31.6 Å². The minimum atomic E-state index is -5.08. The molecule has 0 saturated carbocycles. The molecule has 1 fully saturated rings. The maximum atomic E-state index is 12.9. The van der Waals surface area contributed by atoms with Crippen molar-refractivity contribution in [1.29, 1.82) is 0 Å². The number of likely N-dealkylation sites (tertiary alicyclic amines) is 1. The molecule has 9 nitrogen and oxygen atoms in total. The first kappa shape index (κ1) is 26.9. The Kier molecular flexibility index (Phi) is 8.02. The third-order valence-corrected chi connectivity index (χ3v) is 7.37. The molecule has 1 amide bonds. The Bertz CT molecular complexity index is 1300. The van der Waals surface area contributed by atoms with E-state index in [0.29, 0.717) is 23.9 Å². The number of ether oxygens (including phenoxy) is 1. The first-order valence-electron chi connectivity index (χ1n) is 11.3. The zero-order chi connectivity index (χ0) is 26.7. The van der Waals surface area contributed by atoms with E-state index >= 15 is 0 Å². The van der Waals surface area contributed by atoms with Crippen molar-refractivity contribution in [3.63, 3.8) is 0 Å². The SMILES string of the molecule is COc1ncnc2sc(CC(=O)N3CCC(N4CCc5cc(Cl)ccc54)CC3)nc12.O=C(O)C(F)(F)F. The number of methoxy groups -OCH3 is 1. The van der Waals surface area contributed by atoms with Crippen molar-refractivity contribution < 1.29 is 32.6 Å². The maximum Gasteiger partial charge on any atom is 0.490 e. The maximum absolute atomic E-state index is 12.9. The second kappa shape index (κ2) is 11.1. The molecule has 4 heterocycles. The van der Waals surface area contributed by atoms with Crippen molar-refractivity contribution in [3.8, 4) is 5.88 Å². The van der Waals surface area contributed by atoms with Crippen LogP contribution in [-0.4, -0.2) is 75.8 Å². The van der Waals surface area contributed by atoms with Gasteiger partial charge in [-0.05, 0) is 43.0 Å². The van der Waals surface area contributed by atoms with Crippen LogP contribution in [0.25, 0.3) is 10.3 Å². The van der Waals surface area contributed by atoms with Crippen LogP contribution in [0.15, 0.2) is 24.5 Å². The number of anilines is 1. The molecule has 0 spiro atoms. The minimum Gasteiger partial charge on any atom is -0.479 e. The van der Waals surface area contributed by atoms with Crippen LogP contribution in [0.4, 0.5) is 18.9 Å². The van der Waals surface area contributed by atoms with Gasteiger partial charge in [0.2, 0.25) is 11.8 Å². The molecule has 0 radical (unpaired) electrons. The van der Waals surface area contributed by atoms with E-state index in [9.17, 15) is 18.0 Å². The Hall–Kier alpha value is -3.19. The van der Waals surface area contributed by atoms with Gasteiger partial charge in [0.1, 0.15) is 11.3 Å². The monoisotopic (exact) mass is 557 g/mol. The Morgan fingerprint density at radius 2 is 1.92 bits per heavy atom. The number of nitrogens with zero attached hydrogens (tertiary/aromatic N) is 5. The highest BCUT2D eigenvalue weighted by Gasteiger charge is 2.38. The topological polar surface area (TPSA) is 109 Å². The van der Waals surface area contributed by atoms with E-state index in [-0.39, 0.29) is 5.91 Å². The Balaban J connectivity index is 0.000000405. The second-order valence-electron chi connectivity index (χ2n) is 8.45. The molecule has 5 rings (SSSR count). The Morgan fingerprint density at radius 1 is 1.22 bits per heavy atom. The van der Waals surface area contributed by atoms with Crippen molar-refractivity contribution in [3.05, 3.63) is 40.1 Å². The van der Waals surface area contributed by atoms with Crippen molar-refractivity contribution in [1.82, 2.24) is 19.9 Å². The molecular weight excluding hydrogens is 535 g/mol. The van der Waals surface area contributed by atoms with Crippen LogP contribution in [0, 0.1) is 0 Å². The molecule has 0 unspecified atom stereocenters. The number of carboxylic acid groups (broad SMARTS) is 1. The Morgan fingerprint density at radius 3 is 2.57 bits per heavy atom. The fourth-order valence-corrected chi connectivity index (χ4v) is 5.53. The average molecular weight is 558 g/mol. The number of aromatic nitrogens is 3. The normalized spacial score (nSPS) is 15.8. The number of halogens is 4. The summed E-state index contributed by atoms with van der Waals surface area (Å²) in [5.41, 5.74) is 3.25. The molecular formula is C23H23ClF3N5O4S. The van der Waals surface area contributed by atoms with E-state index < -0.39 is 12.1 Å². The third-order valence-electron chi connectivity index (χ3n) is 6.18. The lowest BCUT2D eigenvalue weighted by Crippen LogP contribution is -2.46. The first-order chi connectivity index (χ1) is 17.6. The number of fused-ring (bicyclic) bond motifs is 2. The van der Waals surface area contributed by atoms with Gasteiger partial charge >= 0.3 is 12.1 Å². The highest BCUT2D eigenvalue weighted by Crippen LogP contribution is 2.34. The van der Waals surface area contributed by atoms with Gasteiger partial charge in [0, 0.05) is 36.4 Å². The summed E-state index contributed by atoms with van der Waals surface area (Å²) in [6.45, 7) is 2.58. The van der Waals surface area contributed by atoms with Gasteiger partial charge in [-0.25, -0.2) is 14.8 Å². The van der Waals surface area contributed by atoms with Crippen LogP contribution in [0.2, 0.25) is 5.02 Å². The van der Waals surface area contributed by atoms with Crippen LogP contribution in [0.5, 0.6) is 5.88 Å². The van der Waals surface area contributed by atoms with E-state index in [4.69, 9.17) is 26.2 Å². The predicted octanol–water partition coefficient (Wildman–Crippen LogP) is 3.98. The summed E-state index contributed by atoms with van der Waals surface area (Å²) in [4.78, 5) is 39.8. The van der Waals surface area contributed by atoms with E-state index in [1.807, 2.05) is 11.0 Å². The van der Waals surface area contributed by atoms with Gasteiger partial charge in [0.25, 0.3) is 0 Å². The number of thiazole rings is 1. The van der Waals surface area contributed by atoms with Gasteiger partial charge < -0.3 is 19.6 Å². The smallest absolute Gasteiger partial charge is 0.479 e. The van der Waals surface area contributed by atoms with Crippen molar-refractivity contribution in [2.45, 2.75) is 37.9 Å². The summed E-state index contributed by atoms with van der Waals surface area (Å²) in [6.07, 6.45) is -0.334. The van der Waals surface area contributed by atoms with Crippen LogP contribution in [0.1, 0.15) is 23.4 Å².